The zero-order chi connectivity index (χ0) is 12.4. The van der Waals surface area contributed by atoms with Gasteiger partial charge in [0.15, 0.2) is 0 Å². The van der Waals surface area contributed by atoms with E-state index in [4.69, 9.17) is 0 Å². The Morgan fingerprint density at radius 1 is 1.22 bits per heavy atom. The molecule has 3 rings (SSSR count). The van der Waals surface area contributed by atoms with Crippen LogP contribution in [0.25, 0.3) is 0 Å². The van der Waals surface area contributed by atoms with Gasteiger partial charge in [-0.1, -0.05) is 37.3 Å². The lowest BCUT2D eigenvalue weighted by molar-refractivity contribution is 0.0285. The number of nitrogens with zero attached hydrogens (tertiary/aromatic N) is 1. The Bertz CT molecular complexity index is 376. The Morgan fingerprint density at radius 3 is 2.89 bits per heavy atom. The standard InChI is InChI=1S/C16H24N2/c1-13-8-10-18(12-14-5-3-2-4-6-14)16-7-9-17-11-15(13)16/h2-6,13,15-17H,7-12H2,1H3. The van der Waals surface area contributed by atoms with Crippen molar-refractivity contribution in [2.45, 2.75) is 32.4 Å². The van der Waals surface area contributed by atoms with E-state index in [1.165, 1.54) is 38.0 Å². The molecule has 2 fully saturated rings. The summed E-state index contributed by atoms with van der Waals surface area (Å²) in [5.74, 6) is 1.74. The fourth-order valence-corrected chi connectivity index (χ4v) is 3.67. The summed E-state index contributed by atoms with van der Waals surface area (Å²) in [7, 11) is 0. The van der Waals surface area contributed by atoms with Crippen LogP contribution in [0.5, 0.6) is 0 Å². The van der Waals surface area contributed by atoms with Crippen molar-refractivity contribution in [3.8, 4) is 0 Å². The zero-order valence-electron chi connectivity index (χ0n) is 11.3. The topological polar surface area (TPSA) is 15.3 Å². The summed E-state index contributed by atoms with van der Waals surface area (Å²) in [4.78, 5) is 2.72. The van der Waals surface area contributed by atoms with Crippen LogP contribution in [-0.2, 0) is 6.54 Å². The highest BCUT2D eigenvalue weighted by molar-refractivity contribution is 5.15. The molecule has 2 heteroatoms. The molecule has 98 valence electrons. The molecule has 0 saturated carbocycles. The van der Waals surface area contributed by atoms with E-state index in [0.29, 0.717) is 0 Å². The van der Waals surface area contributed by atoms with Crippen molar-refractivity contribution in [2.75, 3.05) is 19.6 Å². The lowest BCUT2D eigenvalue weighted by Crippen LogP contribution is -2.55. The normalized spacial score (nSPS) is 33.1. The van der Waals surface area contributed by atoms with Gasteiger partial charge in [-0.3, -0.25) is 4.90 Å². The number of hydrogen-bond donors (Lipinski definition) is 1. The van der Waals surface area contributed by atoms with Crippen LogP contribution in [0.3, 0.4) is 0 Å². The van der Waals surface area contributed by atoms with Crippen LogP contribution in [0.2, 0.25) is 0 Å². The van der Waals surface area contributed by atoms with Crippen LogP contribution in [0.15, 0.2) is 30.3 Å². The van der Waals surface area contributed by atoms with E-state index < -0.39 is 0 Å². The second-order valence-corrected chi connectivity index (χ2v) is 5.95. The van der Waals surface area contributed by atoms with E-state index in [9.17, 15) is 0 Å². The largest absolute Gasteiger partial charge is 0.316 e. The Morgan fingerprint density at radius 2 is 2.06 bits per heavy atom. The number of piperidine rings is 2. The molecule has 0 bridgehead atoms. The van der Waals surface area contributed by atoms with E-state index >= 15 is 0 Å². The van der Waals surface area contributed by atoms with Gasteiger partial charge in [0.1, 0.15) is 0 Å². The van der Waals surface area contributed by atoms with Gasteiger partial charge in [0.2, 0.25) is 0 Å². The first-order chi connectivity index (χ1) is 8.84. The van der Waals surface area contributed by atoms with Crippen LogP contribution in [0, 0.1) is 11.8 Å². The third-order valence-corrected chi connectivity index (χ3v) is 4.79. The second-order valence-electron chi connectivity index (χ2n) is 5.95. The predicted molar refractivity (Wildman–Crippen MR) is 75.4 cm³/mol. The maximum Gasteiger partial charge on any atom is 0.0236 e. The average Bonchev–Trinajstić information content (AvgIpc) is 2.44. The zero-order valence-corrected chi connectivity index (χ0v) is 11.3. The quantitative estimate of drug-likeness (QED) is 0.860. The van der Waals surface area contributed by atoms with Gasteiger partial charge in [0.05, 0.1) is 0 Å². The van der Waals surface area contributed by atoms with Crippen molar-refractivity contribution in [1.82, 2.24) is 10.2 Å². The van der Waals surface area contributed by atoms with Gasteiger partial charge >= 0.3 is 0 Å². The van der Waals surface area contributed by atoms with Gasteiger partial charge < -0.3 is 5.32 Å². The van der Waals surface area contributed by atoms with Crippen LogP contribution in [0.4, 0.5) is 0 Å². The molecule has 3 atom stereocenters. The van der Waals surface area contributed by atoms with Gasteiger partial charge in [-0.2, -0.15) is 0 Å². The molecule has 3 unspecified atom stereocenters. The summed E-state index contributed by atoms with van der Waals surface area (Å²) in [6, 6.07) is 11.7. The first kappa shape index (κ1) is 12.2. The highest BCUT2D eigenvalue weighted by Gasteiger charge is 2.36. The molecule has 0 aliphatic carbocycles. The third-order valence-electron chi connectivity index (χ3n) is 4.79. The highest BCUT2D eigenvalue weighted by atomic mass is 15.2. The summed E-state index contributed by atoms with van der Waals surface area (Å²) in [5, 5.41) is 3.57. The molecule has 18 heavy (non-hydrogen) atoms. The van der Waals surface area contributed by atoms with Gasteiger partial charge in [-0.15, -0.1) is 0 Å². The highest BCUT2D eigenvalue weighted by Crippen LogP contribution is 2.33. The molecule has 0 spiro atoms. The van der Waals surface area contributed by atoms with E-state index in [1.807, 2.05) is 0 Å². The lowest BCUT2D eigenvalue weighted by atomic mass is 9.77. The Labute approximate surface area is 110 Å². The molecular formula is C16H24N2. The van der Waals surface area contributed by atoms with E-state index in [1.54, 1.807) is 0 Å². The number of likely N-dealkylation sites (tertiary alicyclic amines) is 1. The minimum Gasteiger partial charge on any atom is -0.316 e. The summed E-state index contributed by atoms with van der Waals surface area (Å²) in [6.07, 6.45) is 2.68. The van der Waals surface area contributed by atoms with Crippen molar-refractivity contribution in [3.63, 3.8) is 0 Å². The Balaban J connectivity index is 1.71. The second kappa shape index (κ2) is 5.41. The third kappa shape index (κ3) is 2.45. The number of nitrogens with one attached hydrogen (secondary N) is 1. The molecule has 0 radical (unpaired) electrons. The maximum absolute atomic E-state index is 3.57. The number of hydrogen-bond acceptors (Lipinski definition) is 2. The number of rotatable bonds is 2. The molecule has 2 nitrogen and oxygen atoms in total. The van der Waals surface area contributed by atoms with Gasteiger partial charge in [-0.05, 0) is 49.9 Å². The van der Waals surface area contributed by atoms with Gasteiger partial charge in [0.25, 0.3) is 0 Å². The molecule has 0 amide bonds. The fourth-order valence-electron chi connectivity index (χ4n) is 3.67. The lowest BCUT2D eigenvalue weighted by Gasteiger charge is -2.47. The maximum atomic E-state index is 3.57. The molecule has 2 aliphatic rings. The fraction of sp³-hybridized carbons (Fsp3) is 0.625. The van der Waals surface area contributed by atoms with Crippen LogP contribution in [0.1, 0.15) is 25.3 Å². The Hall–Kier alpha value is -0.860. The van der Waals surface area contributed by atoms with E-state index in [0.717, 1.165) is 24.4 Å². The van der Waals surface area contributed by atoms with Crippen LogP contribution < -0.4 is 5.32 Å². The average molecular weight is 244 g/mol. The molecule has 2 saturated heterocycles. The van der Waals surface area contributed by atoms with Crippen LogP contribution >= 0.6 is 0 Å². The SMILES string of the molecule is CC1CCN(Cc2ccccc2)C2CCNCC12. The molecule has 2 heterocycles. The first-order valence-electron chi connectivity index (χ1n) is 7.33. The Kier molecular flexibility index (Phi) is 3.67. The van der Waals surface area contributed by atoms with Gasteiger partial charge in [0, 0.05) is 12.6 Å². The first-order valence-corrected chi connectivity index (χ1v) is 7.33. The summed E-state index contributed by atoms with van der Waals surface area (Å²) in [6.45, 7) is 7.26. The van der Waals surface area contributed by atoms with Crippen molar-refractivity contribution < 1.29 is 0 Å². The van der Waals surface area contributed by atoms with Gasteiger partial charge in [-0.25, -0.2) is 0 Å². The van der Waals surface area contributed by atoms with Crippen molar-refractivity contribution in [3.05, 3.63) is 35.9 Å². The predicted octanol–water partition coefficient (Wildman–Crippen LogP) is 2.51. The molecule has 0 aromatic heterocycles. The summed E-state index contributed by atoms with van der Waals surface area (Å²) < 4.78 is 0. The molecule has 1 aromatic carbocycles. The number of fused-ring (bicyclic) bond motifs is 1. The van der Waals surface area contributed by atoms with E-state index in [-0.39, 0.29) is 0 Å². The monoisotopic (exact) mass is 244 g/mol. The van der Waals surface area contributed by atoms with E-state index in [2.05, 4.69) is 47.5 Å². The number of benzene rings is 1. The summed E-state index contributed by atoms with van der Waals surface area (Å²) >= 11 is 0. The van der Waals surface area contributed by atoms with Crippen molar-refractivity contribution >= 4 is 0 Å². The summed E-state index contributed by atoms with van der Waals surface area (Å²) in [5.41, 5.74) is 1.46. The molecule has 1 N–H and O–H groups in total. The molecule has 1 aromatic rings. The molecule has 2 aliphatic heterocycles. The van der Waals surface area contributed by atoms with Crippen molar-refractivity contribution in [2.24, 2.45) is 11.8 Å². The smallest absolute Gasteiger partial charge is 0.0236 e. The van der Waals surface area contributed by atoms with Crippen LogP contribution in [-0.4, -0.2) is 30.6 Å². The molecular weight excluding hydrogens is 220 g/mol. The van der Waals surface area contributed by atoms with Crippen molar-refractivity contribution in [1.29, 1.82) is 0 Å². The minimum atomic E-state index is 0.801. The minimum absolute atomic E-state index is 0.801.